The third-order valence-corrected chi connectivity index (χ3v) is 3.56. The number of hydrogen-bond acceptors (Lipinski definition) is 3. The number of rotatable bonds is 7. The molecule has 0 aromatic rings. The van der Waals surface area contributed by atoms with Crippen LogP contribution >= 0.6 is 0 Å². The lowest BCUT2D eigenvalue weighted by atomic mass is 9.91. The van der Waals surface area contributed by atoms with E-state index in [1.807, 2.05) is 0 Å². The van der Waals surface area contributed by atoms with E-state index in [-0.39, 0.29) is 0 Å². The van der Waals surface area contributed by atoms with Crippen molar-refractivity contribution in [3.05, 3.63) is 0 Å². The van der Waals surface area contributed by atoms with E-state index in [0.717, 1.165) is 19.1 Å². The van der Waals surface area contributed by atoms with Gasteiger partial charge < -0.3 is 15.0 Å². The minimum absolute atomic E-state index is 0.620. The van der Waals surface area contributed by atoms with Crippen molar-refractivity contribution in [2.75, 3.05) is 39.9 Å². The standard InChI is InChI=1S/C13H28N2O/c1-4-8-15-9-5-6-13(11-15)12(2)14-7-10-16-3/h12-14H,4-11H2,1-3H3. The van der Waals surface area contributed by atoms with E-state index in [0.29, 0.717) is 6.04 Å². The van der Waals surface area contributed by atoms with Crippen LogP contribution in [0.4, 0.5) is 0 Å². The number of nitrogens with zero attached hydrogens (tertiary/aromatic N) is 1. The van der Waals surface area contributed by atoms with Crippen LogP contribution in [0.1, 0.15) is 33.1 Å². The first kappa shape index (κ1) is 13.9. The van der Waals surface area contributed by atoms with E-state index in [4.69, 9.17) is 4.74 Å². The third kappa shape index (κ3) is 4.81. The van der Waals surface area contributed by atoms with E-state index < -0.39 is 0 Å². The Labute approximate surface area is 101 Å². The first-order valence-electron chi connectivity index (χ1n) is 6.72. The molecule has 16 heavy (non-hydrogen) atoms. The van der Waals surface area contributed by atoms with Gasteiger partial charge in [-0.15, -0.1) is 0 Å². The summed E-state index contributed by atoms with van der Waals surface area (Å²) in [4.78, 5) is 2.61. The zero-order valence-corrected chi connectivity index (χ0v) is 11.2. The SMILES string of the molecule is CCCN1CCCC(C(C)NCCOC)C1. The summed E-state index contributed by atoms with van der Waals surface area (Å²) in [5, 5.41) is 3.56. The van der Waals surface area contributed by atoms with Crippen molar-refractivity contribution in [3.8, 4) is 0 Å². The van der Waals surface area contributed by atoms with E-state index in [9.17, 15) is 0 Å². The quantitative estimate of drug-likeness (QED) is 0.672. The van der Waals surface area contributed by atoms with Crippen molar-refractivity contribution in [1.29, 1.82) is 0 Å². The number of piperidine rings is 1. The van der Waals surface area contributed by atoms with Gasteiger partial charge >= 0.3 is 0 Å². The van der Waals surface area contributed by atoms with Crippen LogP contribution in [0.25, 0.3) is 0 Å². The topological polar surface area (TPSA) is 24.5 Å². The van der Waals surface area contributed by atoms with Gasteiger partial charge in [0, 0.05) is 26.2 Å². The number of hydrogen-bond donors (Lipinski definition) is 1. The third-order valence-electron chi connectivity index (χ3n) is 3.56. The van der Waals surface area contributed by atoms with Crippen LogP contribution in [0, 0.1) is 5.92 Å². The second kappa shape index (κ2) is 8.04. The molecular formula is C13H28N2O. The van der Waals surface area contributed by atoms with E-state index in [1.54, 1.807) is 7.11 Å². The average Bonchev–Trinajstić information content (AvgIpc) is 2.30. The maximum Gasteiger partial charge on any atom is 0.0587 e. The highest BCUT2D eigenvalue weighted by Crippen LogP contribution is 2.19. The fourth-order valence-electron chi connectivity index (χ4n) is 2.57. The highest BCUT2D eigenvalue weighted by Gasteiger charge is 2.23. The lowest BCUT2D eigenvalue weighted by Gasteiger charge is -2.36. The lowest BCUT2D eigenvalue weighted by Crippen LogP contribution is -2.45. The Balaban J connectivity index is 2.23. The van der Waals surface area contributed by atoms with Crippen LogP contribution in [-0.2, 0) is 4.74 Å². The van der Waals surface area contributed by atoms with E-state index in [2.05, 4.69) is 24.1 Å². The summed E-state index contributed by atoms with van der Waals surface area (Å²) in [6.07, 6.45) is 4.01. The molecule has 2 atom stereocenters. The molecule has 3 heteroatoms. The fourth-order valence-corrected chi connectivity index (χ4v) is 2.57. The molecule has 1 aliphatic heterocycles. The molecule has 0 saturated carbocycles. The first-order valence-corrected chi connectivity index (χ1v) is 6.72. The van der Waals surface area contributed by atoms with E-state index >= 15 is 0 Å². The lowest BCUT2D eigenvalue weighted by molar-refractivity contribution is 0.143. The molecular weight excluding hydrogens is 200 g/mol. The van der Waals surface area contributed by atoms with Crippen molar-refractivity contribution in [1.82, 2.24) is 10.2 Å². The number of likely N-dealkylation sites (tertiary alicyclic amines) is 1. The normalized spacial score (nSPS) is 24.6. The van der Waals surface area contributed by atoms with Crippen molar-refractivity contribution in [3.63, 3.8) is 0 Å². The van der Waals surface area contributed by atoms with Crippen molar-refractivity contribution in [2.24, 2.45) is 5.92 Å². The maximum atomic E-state index is 5.07. The predicted molar refractivity (Wildman–Crippen MR) is 68.8 cm³/mol. The second-order valence-corrected chi connectivity index (χ2v) is 4.94. The Hall–Kier alpha value is -0.120. The summed E-state index contributed by atoms with van der Waals surface area (Å²) in [7, 11) is 1.76. The summed E-state index contributed by atoms with van der Waals surface area (Å²) in [6.45, 7) is 10.2. The fraction of sp³-hybridized carbons (Fsp3) is 1.00. The molecule has 1 N–H and O–H groups in total. The van der Waals surface area contributed by atoms with Gasteiger partial charge in [-0.05, 0) is 45.2 Å². The Morgan fingerprint density at radius 1 is 1.50 bits per heavy atom. The molecule has 0 aromatic heterocycles. The van der Waals surface area contributed by atoms with Gasteiger partial charge in [-0.25, -0.2) is 0 Å². The largest absolute Gasteiger partial charge is 0.383 e. The van der Waals surface area contributed by atoms with Crippen LogP contribution < -0.4 is 5.32 Å². The summed E-state index contributed by atoms with van der Waals surface area (Å²) >= 11 is 0. The summed E-state index contributed by atoms with van der Waals surface area (Å²) in [5.74, 6) is 0.817. The molecule has 3 nitrogen and oxygen atoms in total. The molecule has 1 heterocycles. The van der Waals surface area contributed by atoms with Crippen LogP contribution in [0.2, 0.25) is 0 Å². The summed E-state index contributed by atoms with van der Waals surface area (Å²) in [6, 6.07) is 0.620. The number of nitrogens with one attached hydrogen (secondary N) is 1. The first-order chi connectivity index (χ1) is 7.77. The van der Waals surface area contributed by atoms with Gasteiger partial charge in [0.05, 0.1) is 6.61 Å². The molecule has 1 rings (SSSR count). The van der Waals surface area contributed by atoms with Gasteiger partial charge in [0.25, 0.3) is 0 Å². The molecule has 0 spiro atoms. The number of ether oxygens (including phenoxy) is 1. The molecule has 2 unspecified atom stereocenters. The monoisotopic (exact) mass is 228 g/mol. The van der Waals surface area contributed by atoms with E-state index in [1.165, 1.54) is 38.9 Å². The van der Waals surface area contributed by atoms with Crippen LogP contribution in [0.5, 0.6) is 0 Å². The van der Waals surface area contributed by atoms with Gasteiger partial charge in [-0.2, -0.15) is 0 Å². The second-order valence-electron chi connectivity index (χ2n) is 4.94. The number of methoxy groups -OCH3 is 1. The zero-order valence-electron chi connectivity index (χ0n) is 11.2. The molecule has 1 fully saturated rings. The Morgan fingerprint density at radius 2 is 2.31 bits per heavy atom. The Bertz CT molecular complexity index is 173. The van der Waals surface area contributed by atoms with Crippen LogP contribution in [0.15, 0.2) is 0 Å². The van der Waals surface area contributed by atoms with Gasteiger partial charge in [-0.1, -0.05) is 6.92 Å². The Kier molecular flexibility index (Phi) is 7.01. The van der Waals surface area contributed by atoms with Crippen molar-refractivity contribution >= 4 is 0 Å². The van der Waals surface area contributed by atoms with Crippen LogP contribution in [0.3, 0.4) is 0 Å². The molecule has 0 aromatic carbocycles. The van der Waals surface area contributed by atoms with Gasteiger partial charge in [0.2, 0.25) is 0 Å². The molecule has 1 saturated heterocycles. The molecule has 0 radical (unpaired) electrons. The van der Waals surface area contributed by atoms with Gasteiger partial charge in [0.15, 0.2) is 0 Å². The average molecular weight is 228 g/mol. The molecule has 96 valence electrons. The predicted octanol–water partition coefficient (Wildman–Crippen LogP) is 1.73. The van der Waals surface area contributed by atoms with Crippen molar-refractivity contribution < 1.29 is 4.74 Å². The maximum absolute atomic E-state index is 5.07. The zero-order chi connectivity index (χ0) is 11.8. The highest BCUT2D eigenvalue weighted by molar-refractivity contribution is 4.80. The minimum atomic E-state index is 0.620. The molecule has 0 bridgehead atoms. The van der Waals surface area contributed by atoms with Crippen molar-refractivity contribution in [2.45, 2.75) is 39.2 Å². The molecule has 0 aliphatic carbocycles. The summed E-state index contributed by atoms with van der Waals surface area (Å²) < 4.78 is 5.07. The highest BCUT2D eigenvalue weighted by atomic mass is 16.5. The smallest absolute Gasteiger partial charge is 0.0587 e. The molecule has 0 amide bonds. The molecule has 1 aliphatic rings. The van der Waals surface area contributed by atoms with Gasteiger partial charge in [0.1, 0.15) is 0 Å². The Morgan fingerprint density at radius 3 is 3.00 bits per heavy atom. The minimum Gasteiger partial charge on any atom is -0.383 e. The summed E-state index contributed by atoms with van der Waals surface area (Å²) in [5.41, 5.74) is 0. The van der Waals surface area contributed by atoms with Crippen LogP contribution in [-0.4, -0.2) is 50.8 Å². The van der Waals surface area contributed by atoms with Gasteiger partial charge in [-0.3, -0.25) is 0 Å².